The van der Waals surface area contributed by atoms with E-state index in [1.165, 1.54) is 0 Å². The van der Waals surface area contributed by atoms with E-state index < -0.39 is 0 Å². The van der Waals surface area contributed by atoms with Crippen LogP contribution in [-0.4, -0.2) is 34.5 Å². The summed E-state index contributed by atoms with van der Waals surface area (Å²) < 4.78 is 0. The first kappa shape index (κ1) is 16.4. The Balaban J connectivity index is 2.13. The minimum Gasteiger partial charge on any atom is -0.351 e. The Morgan fingerprint density at radius 3 is 2.48 bits per heavy atom. The summed E-state index contributed by atoms with van der Waals surface area (Å²) >= 11 is 0. The Hall–Kier alpha value is -3.02. The van der Waals surface area contributed by atoms with Gasteiger partial charge in [-0.05, 0) is 17.7 Å². The molecule has 0 saturated heterocycles. The Labute approximate surface area is 135 Å². The van der Waals surface area contributed by atoms with Crippen molar-refractivity contribution in [2.24, 2.45) is 0 Å². The highest BCUT2D eigenvalue weighted by molar-refractivity contribution is 6.00. The van der Waals surface area contributed by atoms with Crippen molar-refractivity contribution < 1.29 is 4.79 Å². The Kier molecular flexibility index (Phi) is 5.99. The lowest BCUT2D eigenvalue weighted by Crippen LogP contribution is -2.41. The highest BCUT2D eigenvalue weighted by Gasteiger charge is 2.16. The topological polar surface area (TPSA) is 92.9 Å². The van der Waals surface area contributed by atoms with Crippen molar-refractivity contribution in [2.45, 2.75) is 13.0 Å². The number of hydrogen-bond donors (Lipinski definition) is 3. The maximum Gasteiger partial charge on any atom is 0.207 e. The smallest absolute Gasteiger partial charge is 0.207 e. The number of pyridine rings is 1. The lowest BCUT2D eigenvalue weighted by molar-refractivity contribution is -0.109. The third kappa shape index (κ3) is 5.03. The molecule has 0 aliphatic rings. The van der Waals surface area contributed by atoms with Gasteiger partial charge in [-0.3, -0.25) is 20.6 Å². The van der Waals surface area contributed by atoms with E-state index in [0.29, 0.717) is 25.2 Å². The van der Waals surface area contributed by atoms with Gasteiger partial charge < -0.3 is 10.2 Å². The van der Waals surface area contributed by atoms with Crippen molar-refractivity contribution in [1.82, 2.24) is 15.2 Å². The highest BCUT2D eigenvalue weighted by atomic mass is 16.1. The van der Waals surface area contributed by atoms with Gasteiger partial charge in [0.25, 0.3) is 0 Å². The van der Waals surface area contributed by atoms with Crippen LogP contribution in [0, 0.1) is 10.8 Å². The van der Waals surface area contributed by atoms with Gasteiger partial charge in [0, 0.05) is 12.6 Å². The second kappa shape index (κ2) is 8.43. The van der Waals surface area contributed by atoms with Gasteiger partial charge in [0.15, 0.2) is 0 Å². The number of amides is 1. The van der Waals surface area contributed by atoms with Crippen LogP contribution in [0.15, 0.2) is 54.7 Å². The average molecular weight is 309 g/mol. The van der Waals surface area contributed by atoms with Crippen LogP contribution in [0.1, 0.15) is 11.3 Å². The maximum absolute atomic E-state index is 10.5. The molecule has 0 saturated carbocycles. The van der Waals surface area contributed by atoms with Crippen LogP contribution in [0.25, 0.3) is 0 Å². The van der Waals surface area contributed by atoms with Crippen molar-refractivity contribution in [3.8, 4) is 0 Å². The molecule has 0 spiro atoms. The molecule has 0 radical (unpaired) electrons. The molecule has 1 aromatic heterocycles. The lowest BCUT2D eigenvalue weighted by Gasteiger charge is -2.25. The molecule has 0 atom stereocenters. The lowest BCUT2D eigenvalue weighted by atomic mass is 10.1. The summed E-state index contributed by atoms with van der Waals surface area (Å²) in [5, 5.41) is 18.9. The Morgan fingerprint density at radius 1 is 1.09 bits per heavy atom. The normalized spacial score (nSPS) is 9.91. The van der Waals surface area contributed by atoms with E-state index in [4.69, 9.17) is 10.8 Å². The number of benzene rings is 1. The largest absolute Gasteiger partial charge is 0.351 e. The molecule has 1 heterocycles. The van der Waals surface area contributed by atoms with Crippen molar-refractivity contribution in [3.05, 3.63) is 66.0 Å². The molecule has 23 heavy (non-hydrogen) atoms. The minimum atomic E-state index is 0.0769. The van der Waals surface area contributed by atoms with E-state index in [0.717, 1.165) is 11.3 Å². The molecule has 0 unspecified atom stereocenters. The van der Waals surface area contributed by atoms with Gasteiger partial charge in [-0.25, -0.2) is 0 Å². The fourth-order valence-corrected chi connectivity index (χ4v) is 2.13. The third-order valence-electron chi connectivity index (χ3n) is 3.27. The molecule has 6 heteroatoms. The maximum atomic E-state index is 10.5. The molecule has 2 aromatic rings. The third-order valence-corrected chi connectivity index (χ3v) is 3.27. The number of nitrogens with zero attached hydrogens (tertiary/aromatic N) is 2. The minimum absolute atomic E-state index is 0.0769. The summed E-state index contributed by atoms with van der Waals surface area (Å²) in [6.07, 6.45) is 2.65. The Bertz CT molecular complexity index is 657. The summed E-state index contributed by atoms with van der Waals surface area (Å²) in [7, 11) is 0. The van der Waals surface area contributed by atoms with Crippen LogP contribution in [0.2, 0.25) is 0 Å². The molecule has 118 valence electrons. The van der Waals surface area contributed by atoms with E-state index in [9.17, 15) is 4.79 Å². The molecule has 0 bridgehead atoms. The van der Waals surface area contributed by atoms with Crippen LogP contribution >= 0.6 is 0 Å². The molecular formula is C17H19N5O. The molecule has 1 aromatic carbocycles. The molecule has 0 fully saturated rings. The van der Waals surface area contributed by atoms with Gasteiger partial charge in [-0.15, -0.1) is 0 Å². The first-order chi connectivity index (χ1) is 11.2. The van der Waals surface area contributed by atoms with Gasteiger partial charge in [0.1, 0.15) is 11.7 Å². The quantitative estimate of drug-likeness (QED) is 0.414. The van der Waals surface area contributed by atoms with Gasteiger partial charge in [-0.1, -0.05) is 36.4 Å². The van der Waals surface area contributed by atoms with Crippen LogP contribution in [0.3, 0.4) is 0 Å². The monoisotopic (exact) mass is 309 g/mol. The molecule has 2 rings (SSSR count). The second-order valence-corrected chi connectivity index (χ2v) is 4.96. The molecule has 0 aliphatic heterocycles. The van der Waals surface area contributed by atoms with Crippen molar-refractivity contribution in [1.29, 1.82) is 10.8 Å². The molecule has 0 aliphatic carbocycles. The predicted molar refractivity (Wildman–Crippen MR) is 89.4 cm³/mol. The predicted octanol–water partition coefficient (Wildman–Crippen LogP) is 1.83. The zero-order chi connectivity index (χ0) is 16.5. The SMILES string of the molecule is N=C(CNC=O)N(Cc1ccccn1)C(=N)Cc1ccccc1. The van der Waals surface area contributed by atoms with E-state index in [-0.39, 0.29) is 12.4 Å². The number of nitrogens with one attached hydrogen (secondary N) is 3. The molecule has 3 N–H and O–H groups in total. The standard InChI is InChI=1S/C17H19N5O/c18-16(10-14-6-2-1-3-7-14)22(17(19)11-20-13-23)12-15-8-4-5-9-21-15/h1-9,13,18-19H,10-12H2,(H,20,23). The van der Waals surface area contributed by atoms with Gasteiger partial charge in [0.2, 0.25) is 6.41 Å². The van der Waals surface area contributed by atoms with E-state index in [1.54, 1.807) is 11.1 Å². The summed E-state index contributed by atoms with van der Waals surface area (Å²) in [4.78, 5) is 16.3. The van der Waals surface area contributed by atoms with Crippen molar-refractivity contribution >= 4 is 18.1 Å². The number of carbonyl (C=O) groups is 1. The van der Waals surface area contributed by atoms with Crippen molar-refractivity contribution in [2.75, 3.05) is 6.54 Å². The highest BCUT2D eigenvalue weighted by Crippen LogP contribution is 2.08. The average Bonchev–Trinajstić information content (AvgIpc) is 2.59. The number of aromatic nitrogens is 1. The molecule has 6 nitrogen and oxygen atoms in total. The number of hydrogen-bond acceptors (Lipinski definition) is 4. The van der Waals surface area contributed by atoms with Crippen LogP contribution in [0.4, 0.5) is 0 Å². The zero-order valence-corrected chi connectivity index (χ0v) is 12.7. The Morgan fingerprint density at radius 2 is 1.83 bits per heavy atom. The molecule has 1 amide bonds. The number of carbonyl (C=O) groups excluding carboxylic acids is 1. The number of rotatable bonds is 7. The van der Waals surface area contributed by atoms with E-state index in [1.807, 2.05) is 48.5 Å². The first-order valence-corrected chi connectivity index (χ1v) is 7.24. The van der Waals surface area contributed by atoms with Gasteiger partial charge in [-0.2, -0.15) is 0 Å². The van der Waals surface area contributed by atoms with Crippen molar-refractivity contribution in [3.63, 3.8) is 0 Å². The van der Waals surface area contributed by atoms with E-state index >= 15 is 0 Å². The van der Waals surface area contributed by atoms with Gasteiger partial charge in [0.05, 0.1) is 18.8 Å². The number of amidine groups is 2. The summed E-state index contributed by atoms with van der Waals surface area (Å²) in [6.45, 7) is 0.402. The zero-order valence-electron chi connectivity index (χ0n) is 12.7. The second-order valence-electron chi connectivity index (χ2n) is 4.96. The van der Waals surface area contributed by atoms with E-state index in [2.05, 4.69) is 10.3 Å². The summed E-state index contributed by atoms with van der Waals surface area (Å²) in [5.41, 5.74) is 1.76. The van der Waals surface area contributed by atoms with Crippen LogP contribution in [0.5, 0.6) is 0 Å². The molecular weight excluding hydrogens is 290 g/mol. The van der Waals surface area contributed by atoms with Crippen LogP contribution in [-0.2, 0) is 17.8 Å². The van der Waals surface area contributed by atoms with Gasteiger partial charge >= 0.3 is 0 Å². The fourth-order valence-electron chi connectivity index (χ4n) is 2.13. The summed E-state index contributed by atoms with van der Waals surface area (Å²) in [6, 6.07) is 15.2. The first-order valence-electron chi connectivity index (χ1n) is 7.24. The van der Waals surface area contributed by atoms with Crippen LogP contribution < -0.4 is 5.32 Å². The fraction of sp³-hybridized carbons (Fsp3) is 0.176. The summed E-state index contributed by atoms with van der Waals surface area (Å²) in [5.74, 6) is 0.447.